The summed E-state index contributed by atoms with van der Waals surface area (Å²) in [5.41, 5.74) is 0.687. The Morgan fingerprint density at radius 1 is 1.50 bits per heavy atom. The van der Waals surface area contributed by atoms with Gasteiger partial charge in [-0.15, -0.1) is 0 Å². The van der Waals surface area contributed by atoms with Gasteiger partial charge in [-0.1, -0.05) is 11.6 Å². The number of hydrogen-bond donors (Lipinski definition) is 0. The van der Waals surface area contributed by atoms with Crippen LogP contribution in [0, 0.1) is 3.57 Å². The van der Waals surface area contributed by atoms with E-state index in [1.54, 1.807) is 4.57 Å². The normalized spacial score (nSPS) is 11.1. The van der Waals surface area contributed by atoms with E-state index in [4.69, 9.17) is 11.6 Å². The molecule has 6 heteroatoms. The van der Waals surface area contributed by atoms with Gasteiger partial charge in [-0.3, -0.25) is 0 Å². The van der Waals surface area contributed by atoms with E-state index in [1.807, 2.05) is 6.20 Å². The molecule has 0 amide bonds. The molecule has 2 aromatic rings. The molecule has 0 aromatic carbocycles. The molecule has 0 fully saturated rings. The number of alkyl halides is 1. The van der Waals surface area contributed by atoms with Crippen LogP contribution in [-0.4, -0.2) is 21.2 Å². The molecule has 0 spiro atoms. The second-order valence-electron chi connectivity index (χ2n) is 2.72. The van der Waals surface area contributed by atoms with Crippen molar-refractivity contribution >= 4 is 45.2 Å². The highest BCUT2D eigenvalue weighted by molar-refractivity contribution is 14.1. The smallest absolute Gasteiger partial charge is 0.146 e. The van der Waals surface area contributed by atoms with Crippen molar-refractivity contribution in [1.82, 2.24) is 14.5 Å². The molecular weight excluding hydrogens is 319 g/mol. The average Bonchev–Trinajstić information content (AvgIpc) is 2.46. The Labute approximate surface area is 98.4 Å². The molecule has 0 saturated carbocycles. The number of nitrogens with zero attached hydrogens (tertiary/aromatic N) is 3. The maximum Gasteiger partial charge on any atom is 0.146 e. The summed E-state index contributed by atoms with van der Waals surface area (Å²) >= 11 is 8.05. The molecule has 0 N–H and O–H groups in total. The summed E-state index contributed by atoms with van der Waals surface area (Å²) in [5.74, 6) is 0. The third-order valence-corrected chi connectivity index (χ3v) is 2.99. The van der Waals surface area contributed by atoms with Crippen molar-refractivity contribution in [3.05, 3.63) is 21.2 Å². The summed E-state index contributed by atoms with van der Waals surface area (Å²) in [4.78, 5) is 7.96. The van der Waals surface area contributed by atoms with Crippen molar-refractivity contribution in [2.75, 3.05) is 6.67 Å². The van der Waals surface area contributed by atoms with Crippen LogP contribution in [0.2, 0.25) is 5.15 Å². The first-order chi connectivity index (χ1) is 6.74. The fourth-order valence-electron chi connectivity index (χ4n) is 1.30. The van der Waals surface area contributed by atoms with Crippen molar-refractivity contribution in [1.29, 1.82) is 0 Å². The van der Waals surface area contributed by atoms with Gasteiger partial charge in [0.15, 0.2) is 0 Å². The van der Waals surface area contributed by atoms with Gasteiger partial charge in [-0.05, 0) is 22.6 Å². The number of aromatic nitrogens is 3. The molecule has 2 rings (SSSR count). The zero-order valence-electron chi connectivity index (χ0n) is 7.04. The van der Waals surface area contributed by atoms with Crippen molar-refractivity contribution in [2.45, 2.75) is 6.54 Å². The van der Waals surface area contributed by atoms with Crippen LogP contribution in [0.4, 0.5) is 4.39 Å². The first-order valence-electron chi connectivity index (χ1n) is 3.95. The average molecular weight is 326 g/mol. The summed E-state index contributed by atoms with van der Waals surface area (Å²) in [6.07, 6.45) is 3.21. The van der Waals surface area contributed by atoms with Crippen molar-refractivity contribution in [3.63, 3.8) is 0 Å². The molecule has 3 nitrogen and oxygen atoms in total. The highest BCUT2D eigenvalue weighted by Crippen LogP contribution is 2.26. The molecule has 0 bridgehead atoms. The van der Waals surface area contributed by atoms with Gasteiger partial charge in [0.1, 0.15) is 23.8 Å². The largest absolute Gasteiger partial charge is 0.329 e. The van der Waals surface area contributed by atoms with E-state index in [0.717, 1.165) is 8.96 Å². The third-order valence-electron chi connectivity index (χ3n) is 1.89. The first-order valence-corrected chi connectivity index (χ1v) is 5.40. The van der Waals surface area contributed by atoms with Gasteiger partial charge >= 0.3 is 0 Å². The van der Waals surface area contributed by atoms with E-state index in [0.29, 0.717) is 17.3 Å². The van der Waals surface area contributed by atoms with E-state index in [-0.39, 0.29) is 0 Å². The van der Waals surface area contributed by atoms with Crippen LogP contribution in [0.5, 0.6) is 0 Å². The predicted octanol–water partition coefficient (Wildman–Crippen LogP) is 2.66. The summed E-state index contributed by atoms with van der Waals surface area (Å²) in [7, 11) is 0. The molecule has 0 atom stereocenters. The maximum absolute atomic E-state index is 12.2. The Balaban J connectivity index is 2.71. The summed E-state index contributed by atoms with van der Waals surface area (Å²) in [5, 5.41) is 1.21. The lowest BCUT2D eigenvalue weighted by Gasteiger charge is -1.99. The summed E-state index contributed by atoms with van der Waals surface area (Å²) in [6, 6.07) is 0. The van der Waals surface area contributed by atoms with Crippen LogP contribution in [-0.2, 0) is 6.54 Å². The van der Waals surface area contributed by atoms with Crippen LogP contribution < -0.4 is 0 Å². The molecule has 0 saturated heterocycles. The monoisotopic (exact) mass is 325 g/mol. The SMILES string of the molecule is FCCn1cc(I)c2c(Cl)ncnc21. The number of halogens is 3. The lowest BCUT2D eigenvalue weighted by molar-refractivity contribution is 0.450. The van der Waals surface area contributed by atoms with Gasteiger partial charge in [-0.25, -0.2) is 14.4 Å². The topological polar surface area (TPSA) is 30.7 Å². The summed E-state index contributed by atoms with van der Waals surface area (Å²) in [6.45, 7) is -0.117. The van der Waals surface area contributed by atoms with Gasteiger partial charge in [0.2, 0.25) is 0 Å². The zero-order valence-corrected chi connectivity index (χ0v) is 9.96. The molecule has 2 heterocycles. The van der Waals surface area contributed by atoms with Crippen molar-refractivity contribution in [2.24, 2.45) is 0 Å². The Kier molecular flexibility index (Phi) is 2.87. The van der Waals surface area contributed by atoms with Crippen LogP contribution in [0.25, 0.3) is 11.0 Å². The highest BCUT2D eigenvalue weighted by atomic mass is 127. The van der Waals surface area contributed by atoms with E-state index in [2.05, 4.69) is 32.6 Å². The fourth-order valence-corrected chi connectivity index (χ4v) is 2.52. The van der Waals surface area contributed by atoms with Crippen molar-refractivity contribution in [3.8, 4) is 0 Å². The third kappa shape index (κ3) is 1.58. The van der Waals surface area contributed by atoms with E-state index in [9.17, 15) is 4.39 Å². The minimum Gasteiger partial charge on any atom is -0.329 e. The van der Waals surface area contributed by atoms with Gasteiger partial charge < -0.3 is 4.57 Å². The Bertz CT molecular complexity index is 471. The highest BCUT2D eigenvalue weighted by Gasteiger charge is 2.11. The molecule has 0 radical (unpaired) electrons. The molecular formula is C8H6ClFIN3. The number of fused-ring (bicyclic) bond motifs is 1. The molecule has 14 heavy (non-hydrogen) atoms. The lowest BCUT2D eigenvalue weighted by Crippen LogP contribution is -1.98. The minimum absolute atomic E-state index is 0.298. The minimum atomic E-state index is -0.415. The van der Waals surface area contributed by atoms with Gasteiger partial charge in [-0.2, -0.15) is 0 Å². The fraction of sp³-hybridized carbons (Fsp3) is 0.250. The predicted molar refractivity (Wildman–Crippen MR) is 61.2 cm³/mol. The quantitative estimate of drug-likeness (QED) is 0.628. The van der Waals surface area contributed by atoms with Gasteiger partial charge in [0, 0.05) is 9.77 Å². The van der Waals surface area contributed by atoms with Crippen LogP contribution >= 0.6 is 34.2 Å². The molecule has 0 aliphatic carbocycles. The Hall–Kier alpha value is -0.430. The van der Waals surface area contributed by atoms with Gasteiger partial charge in [0.05, 0.1) is 11.9 Å². The van der Waals surface area contributed by atoms with E-state index < -0.39 is 6.67 Å². The number of hydrogen-bond acceptors (Lipinski definition) is 2. The second kappa shape index (κ2) is 3.98. The molecule has 0 aliphatic heterocycles. The Morgan fingerprint density at radius 3 is 3.00 bits per heavy atom. The first kappa shape index (κ1) is 10.1. The van der Waals surface area contributed by atoms with E-state index in [1.165, 1.54) is 6.33 Å². The van der Waals surface area contributed by atoms with Crippen LogP contribution in [0.1, 0.15) is 0 Å². The van der Waals surface area contributed by atoms with Crippen LogP contribution in [0.15, 0.2) is 12.5 Å². The number of aryl methyl sites for hydroxylation is 1. The molecule has 2 aromatic heterocycles. The van der Waals surface area contributed by atoms with E-state index >= 15 is 0 Å². The standard InChI is InChI=1S/C8H6ClFIN3/c9-7-6-5(11)3-14(2-1-10)8(6)13-4-12-7/h3-4H,1-2H2. The zero-order chi connectivity index (χ0) is 10.1. The number of rotatable bonds is 2. The molecule has 0 unspecified atom stereocenters. The maximum atomic E-state index is 12.2. The Morgan fingerprint density at radius 2 is 2.29 bits per heavy atom. The van der Waals surface area contributed by atoms with Crippen molar-refractivity contribution < 1.29 is 4.39 Å². The summed E-state index contributed by atoms with van der Waals surface area (Å²) < 4.78 is 14.9. The van der Waals surface area contributed by atoms with Gasteiger partial charge in [0.25, 0.3) is 0 Å². The van der Waals surface area contributed by atoms with Crippen LogP contribution in [0.3, 0.4) is 0 Å². The molecule has 0 aliphatic rings. The second-order valence-corrected chi connectivity index (χ2v) is 4.24. The lowest BCUT2D eigenvalue weighted by atomic mass is 10.4. The molecule has 74 valence electrons.